The normalized spacial score (nSPS) is 11.8. The Balaban J connectivity index is 2.41. The fourth-order valence-corrected chi connectivity index (χ4v) is 3.24. The molecule has 0 aliphatic rings. The van der Waals surface area contributed by atoms with E-state index in [1.54, 1.807) is 33.0 Å². The van der Waals surface area contributed by atoms with Gasteiger partial charge in [-0.05, 0) is 26.0 Å². The second-order valence-electron chi connectivity index (χ2n) is 5.43. The quantitative estimate of drug-likeness (QED) is 0.914. The highest BCUT2D eigenvalue weighted by Crippen LogP contribution is 2.35. The maximum atomic E-state index is 13.8. The van der Waals surface area contributed by atoms with E-state index in [-0.39, 0.29) is 23.5 Å². The zero-order chi connectivity index (χ0) is 15.1. The summed E-state index contributed by atoms with van der Waals surface area (Å²) in [6.07, 6.45) is 0. The molecule has 0 saturated heterocycles. The van der Waals surface area contributed by atoms with Crippen LogP contribution in [0.25, 0.3) is 10.1 Å². The van der Waals surface area contributed by atoms with Crippen LogP contribution in [0.15, 0.2) is 18.2 Å². The molecule has 0 unspecified atom stereocenters. The zero-order valence-electron chi connectivity index (χ0n) is 11.6. The summed E-state index contributed by atoms with van der Waals surface area (Å²) in [5.41, 5.74) is 5.07. The van der Waals surface area contributed by atoms with Gasteiger partial charge in [0.05, 0.1) is 16.7 Å². The number of hydrogen-bond acceptors (Lipinski definition) is 4. The summed E-state index contributed by atoms with van der Waals surface area (Å²) in [5, 5.41) is 10.0. The third-order valence-electron chi connectivity index (χ3n) is 2.87. The summed E-state index contributed by atoms with van der Waals surface area (Å²) in [6.45, 7) is 3.40. The van der Waals surface area contributed by atoms with Crippen LogP contribution in [0.1, 0.15) is 23.5 Å². The van der Waals surface area contributed by atoms with Gasteiger partial charge in [0.25, 0.3) is 5.91 Å². The third-order valence-corrected chi connectivity index (χ3v) is 4.03. The van der Waals surface area contributed by atoms with Crippen molar-refractivity contribution in [2.24, 2.45) is 0 Å². The molecule has 1 aromatic carbocycles. The molecule has 3 N–H and O–H groups in total. The number of nitrogens with zero attached hydrogens (tertiary/aromatic N) is 1. The number of likely N-dealkylation sites (N-methyl/N-ethyl adjacent to an activating group) is 1. The van der Waals surface area contributed by atoms with E-state index in [1.807, 2.05) is 0 Å². The van der Waals surface area contributed by atoms with Crippen LogP contribution in [0.3, 0.4) is 0 Å². The highest BCUT2D eigenvalue weighted by molar-refractivity contribution is 7.21. The number of rotatable bonds is 3. The molecule has 20 heavy (non-hydrogen) atoms. The summed E-state index contributed by atoms with van der Waals surface area (Å²) in [6, 6.07) is 4.63. The number of anilines is 1. The molecule has 0 atom stereocenters. The van der Waals surface area contributed by atoms with Crippen LogP contribution in [-0.4, -0.2) is 35.1 Å². The third kappa shape index (κ3) is 2.76. The lowest BCUT2D eigenvalue weighted by molar-refractivity contribution is 0.0371. The SMILES string of the molecule is CN(CC(C)(C)O)C(=O)c1sc2cccc(F)c2c1N. The topological polar surface area (TPSA) is 66.6 Å². The van der Waals surface area contributed by atoms with Gasteiger partial charge < -0.3 is 15.7 Å². The number of benzene rings is 1. The number of thiophene rings is 1. The summed E-state index contributed by atoms with van der Waals surface area (Å²) >= 11 is 1.16. The number of nitrogen functional groups attached to an aromatic ring is 1. The molecule has 0 fully saturated rings. The molecule has 0 bridgehead atoms. The highest BCUT2D eigenvalue weighted by atomic mass is 32.1. The first-order valence-electron chi connectivity index (χ1n) is 6.15. The molecule has 2 rings (SSSR count). The minimum atomic E-state index is -0.999. The fraction of sp³-hybridized carbons (Fsp3) is 0.357. The fourth-order valence-electron chi connectivity index (χ4n) is 2.11. The molecule has 0 saturated carbocycles. The van der Waals surface area contributed by atoms with E-state index >= 15 is 0 Å². The standard InChI is InChI=1S/C14H17FN2O2S/c1-14(2,19)7-17(3)13(18)12-11(16)10-8(15)5-4-6-9(10)20-12/h4-6,19H,7,16H2,1-3H3. The van der Waals surface area contributed by atoms with Crippen LogP contribution < -0.4 is 5.73 Å². The smallest absolute Gasteiger partial charge is 0.265 e. The van der Waals surface area contributed by atoms with Crippen LogP contribution in [0.4, 0.5) is 10.1 Å². The Morgan fingerprint density at radius 3 is 2.70 bits per heavy atom. The molecule has 0 aliphatic heterocycles. The van der Waals surface area contributed by atoms with Crippen LogP contribution >= 0.6 is 11.3 Å². The van der Waals surface area contributed by atoms with Gasteiger partial charge in [-0.3, -0.25) is 4.79 Å². The lowest BCUT2D eigenvalue weighted by Crippen LogP contribution is -2.39. The zero-order valence-corrected chi connectivity index (χ0v) is 12.4. The molecular formula is C14H17FN2O2S. The monoisotopic (exact) mass is 296 g/mol. The molecule has 1 heterocycles. The molecule has 0 aliphatic carbocycles. The number of nitrogens with two attached hydrogens (primary N) is 1. The Morgan fingerprint density at radius 2 is 2.15 bits per heavy atom. The van der Waals surface area contributed by atoms with Gasteiger partial charge >= 0.3 is 0 Å². The van der Waals surface area contributed by atoms with Gasteiger partial charge in [-0.1, -0.05) is 6.07 Å². The Bertz CT molecular complexity index is 661. The summed E-state index contributed by atoms with van der Waals surface area (Å²) in [5.74, 6) is -0.745. The van der Waals surface area contributed by atoms with E-state index in [2.05, 4.69) is 0 Å². The number of amides is 1. The number of carbonyl (C=O) groups excluding carboxylic acids is 1. The second-order valence-corrected chi connectivity index (χ2v) is 6.48. The van der Waals surface area contributed by atoms with Crippen molar-refractivity contribution < 1.29 is 14.3 Å². The van der Waals surface area contributed by atoms with Crippen molar-refractivity contribution in [3.8, 4) is 0 Å². The van der Waals surface area contributed by atoms with Gasteiger partial charge in [-0.25, -0.2) is 4.39 Å². The molecule has 1 amide bonds. The molecule has 2 aromatic rings. The van der Waals surface area contributed by atoms with Gasteiger partial charge in [-0.2, -0.15) is 0 Å². The molecule has 108 valence electrons. The number of hydrogen-bond donors (Lipinski definition) is 2. The van der Waals surface area contributed by atoms with E-state index in [9.17, 15) is 14.3 Å². The predicted octanol–water partition coefficient (Wildman–Crippen LogP) is 2.47. The second kappa shape index (κ2) is 5.03. The van der Waals surface area contributed by atoms with Gasteiger partial charge in [0, 0.05) is 18.3 Å². The summed E-state index contributed by atoms with van der Waals surface area (Å²) < 4.78 is 14.4. The van der Waals surface area contributed by atoms with Crippen molar-refractivity contribution in [1.82, 2.24) is 4.90 Å². The largest absolute Gasteiger partial charge is 0.397 e. The van der Waals surface area contributed by atoms with Crippen molar-refractivity contribution in [3.63, 3.8) is 0 Å². The van der Waals surface area contributed by atoms with Crippen LogP contribution in [-0.2, 0) is 0 Å². The first-order valence-corrected chi connectivity index (χ1v) is 6.96. The number of halogens is 1. The van der Waals surface area contributed by atoms with E-state index in [0.717, 1.165) is 11.3 Å². The molecule has 1 aromatic heterocycles. The van der Waals surface area contributed by atoms with Crippen LogP contribution in [0.2, 0.25) is 0 Å². The lowest BCUT2D eigenvalue weighted by atomic mass is 10.1. The minimum absolute atomic E-state index is 0.163. The van der Waals surface area contributed by atoms with Crippen molar-refractivity contribution in [3.05, 3.63) is 28.9 Å². The van der Waals surface area contributed by atoms with Crippen molar-refractivity contribution in [1.29, 1.82) is 0 Å². The van der Waals surface area contributed by atoms with Crippen LogP contribution in [0.5, 0.6) is 0 Å². The van der Waals surface area contributed by atoms with E-state index in [0.29, 0.717) is 9.58 Å². The predicted molar refractivity (Wildman–Crippen MR) is 79.5 cm³/mol. The van der Waals surface area contributed by atoms with Gasteiger partial charge in [0.1, 0.15) is 10.7 Å². The Labute approximate surface area is 120 Å². The number of fused-ring (bicyclic) bond motifs is 1. The Kier molecular flexibility index (Phi) is 3.71. The van der Waals surface area contributed by atoms with Crippen LogP contribution in [0, 0.1) is 5.82 Å². The molecule has 6 heteroatoms. The van der Waals surface area contributed by atoms with Gasteiger partial charge in [0.2, 0.25) is 0 Å². The molecular weight excluding hydrogens is 279 g/mol. The first kappa shape index (κ1) is 14.7. The van der Waals surface area contributed by atoms with Gasteiger partial charge in [0.15, 0.2) is 0 Å². The Morgan fingerprint density at radius 1 is 1.50 bits per heavy atom. The van der Waals surface area contributed by atoms with E-state index in [4.69, 9.17) is 5.73 Å². The maximum Gasteiger partial charge on any atom is 0.265 e. The van der Waals surface area contributed by atoms with Crippen molar-refractivity contribution in [2.45, 2.75) is 19.4 Å². The first-order chi connectivity index (χ1) is 9.20. The summed E-state index contributed by atoms with van der Waals surface area (Å²) in [7, 11) is 1.58. The lowest BCUT2D eigenvalue weighted by Gasteiger charge is -2.25. The minimum Gasteiger partial charge on any atom is -0.397 e. The van der Waals surface area contributed by atoms with Crippen molar-refractivity contribution in [2.75, 3.05) is 19.3 Å². The van der Waals surface area contributed by atoms with Gasteiger partial charge in [-0.15, -0.1) is 11.3 Å². The van der Waals surface area contributed by atoms with E-state index < -0.39 is 11.4 Å². The average molecular weight is 296 g/mol. The molecule has 0 spiro atoms. The summed E-state index contributed by atoms with van der Waals surface area (Å²) in [4.78, 5) is 14.0. The number of aliphatic hydroxyl groups is 1. The highest BCUT2D eigenvalue weighted by Gasteiger charge is 2.25. The maximum absolute atomic E-state index is 13.8. The Hall–Kier alpha value is -1.66. The van der Waals surface area contributed by atoms with E-state index in [1.165, 1.54) is 11.0 Å². The molecule has 0 radical (unpaired) electrons. The number of carbonyl (C=O) groups is 1. The average Bonchev–Trinajstić information content (AvgIpc) is 2.65. The molecule has 4 nitrogen and oxygen atoms in total. The van der Waals surface area contributed by atoms with Crippen molar-refractivity contribution >= 4 is 33.0 Å².